The number of nitrogens with one attached hydrogen (secondary N) is 2. The molecule has 2 amide bonds. The van der Waals surface area contributed by atoms with Crippen LogP contribution >= 0.6 is 0 Å². The predicted octanol–water partition coefficient (Wildman–Crippen LogP) is 0.404. The molecule has 3 N–H and O–H groups in total. The lowest BCUT2D eigenvalue weighted by Crippen LogP contribution is -2.57. The maximum Gasteiger partial charge on any atom is 0.331 e. The summed E-state index contributed by atoms with van der Waals surface area (Å²) in [4.78, 5) is 35.0. The third-order valence-corrected chi connectivity index (χ3v) is 4.02. The molecule has 1 saturated heterocycles. The van der Waals surface area contributed by atoms with Gasteiger partial charge in [0.1, 0.15) is 0 Å². The van der Waals surface area contributed by atoms with Crippen LogP contribution in [0.3, 0.4) is 0 Å². The molecule has 7 heteroatoms. The van der Waals surface area contributed by atoms with E-state index in [4.69, 9.17) is 4.74 Å². The van der Waals surface area contributed by atoms with Crippen molar-refractivity contribution >= 4 is 17.8 Å². The van der Waals surface area contributed by atoms with Gasteiger partial charge in [0, 0.05) is 19.4 Å². The van der Waals surface area contributed by atoms with Crippen LogP contribution in [-0.2, 0) is 25.5 Å². The zero-order valence-corrected chi connectivity index (χ0v) is 13.6. The van der Waals surface area contributed by atoms with Gasteiger partial charge in [0.25, 0.3) is 0 Å². The molecule has 1 heterocycles. The number of amides is 2. The SMILES string of the molecule is Cc1ccc(CCC(=O)NCC(=O)NC2(C(=O)O)CCOC2)cc1. The van der Waals surface area contributed by atoms with Crippen molar-refractivity contribution in [3.8, 4) is 0 Å². The van der Waals surface area contributed by atoms with Crippen LogP contribution in [0.15, 0.2) is 24.3 Å². The fourth-order valence-electron chi connectivity index (χ4n) is 2.48. The predicted molar refractivity (Wildman–Crippen MR) is 86.5 cm³/mol. The van der Waals surface area contributed by atoms with Crippen molar-refractivity contribution in [2.24, 2.45) is 0 Å². The molecule has 0 saturated carbocycles. The van der Waals surface area contributed by atoms with Gasteiger partial charge in [-0.15, -0.1) is 0 Å². The number of aryl methyl sites for hydroxylation is 2. The third kappa shape index (κ3) is 4.79. The minimum atomic E-state index is -1.39. The summed E-state index contributed by atoms with van der Waals surface area (Å²) in [5.41, 5.74) is 0.820. The molecule has 0 bridgehead atoms. The van der Waals surface area contributed by atoms with Crippen molar-refractivity contribution in [1.29, 1.82) is 0 Å². The van der Waals surface area contributed by atoms with Crippen LogP contribution in [-0.4, -0.2) is 48.2 Å². The van der Waals surface area contributed by atoms with E-state index in [2.05, 4.69) is 10.6 Å². The lowest BCUT2D eigenvalue weighted by molar-refractivity contribution is -0.147. The summed E-state index contributed by atoms with van der Waals surface area (Å²) in [6, 6.07) is 7.89. The van der Waals surface area contributed by atoms with Crippen molar-refractivity contribution in [2.75, 3.05) is 19.8 Å². The van der Waals surface area contributed by atoms with Gasteiger partial charge in [-0.25, -0.2) is 4.79 Å². The molecule has 1 aliphatic heterocycles. The molecule has 1 aliphatic rings. The summed E-state index contributed by atoms with van der Waals surface area (Å²) in [5.74, 6) is -1.91. The normalized spacial score (nSPS) is 19.7. The summed E-state index contributed by atoms with van der Waals surface area (Å²) >= 11 is 0. The maximum absolute atomic E-state index is 11.9. The Labute approximate surface area is 140 Å². The Morgan fingerprint density at radius 2 is 1.92 bits per heavy atom. The van der Waals surface area contributed by atoms with Crippen molar-refractivity contribution in [3.63, 3.8) is 0 Å². The van der Waals surface area contributed by atoms with Gasteiger partial charge >= 0.3 is 5.97 Å². The van der Waals surface area contributed by atoms with Gasteiger partial charge in [0.2, 0.25) is 11.8 Å². The number of aliphatic carboxylic acids is 1. The number of hydrogen-bond acceptors (Lipinski definition) is 4. The molecule has 130 valence electrons. The highest BCUT2D eigenvalue weighted by Gasteiger charge is 2.43. The Balaban J connectivity index is 1.73. The minimum Gasteiger partial charge on any atom is -0.479 e. The van der Waals surface area contributed by atoms with Gasteiger partial charge < -0.3 is 20.5 Å². The molecule has 0 aliphatic carbocycles. The monoisotopic (exact) mass is 334 g/mol. The first-order valence-electron chi connectivity index (χ1n) is 7.86. The summed E-state index contributed by atoms with van der Waals surface area (Å²) in [6.45, 7) is 1.97. The summed E-state index contributed by atoms with van der Waals surface area (Å²) in [5, 5.41) is 14.2. The second kappa shape index (κ2) is 7.92. The number of ether oxygens (including phenoxy) is 1. The number of carboxylic acids is 1. The maximum atomic E-state index is 11.9. The van der Waals surface area contributed by atoms with Gasteiger partial charge in [0.15, 0.2) is 5.54 Å². The Hall–Kier alpha value is -2.41. The Bertz CT molecular complexity index is 606. The molecule has 0 spiro atoms. The molecule has 1 aromatic carbocycles. The second-order valence-electron chi connectivity index (χ2n) is 6.00. The van der Waals surface area contributed by atoms with Gasteiger partial charge in [-0.2, -0.15) is 0 Å². The van der Waals surface area contributed by atoms with E-state index in [1.165, 1.54) is 0 Å². The molecule has 0 aromatic heterocycles. The van der Waals surface area contributed by atoms with E-state index < -0.39 is 17.4 Å². The number of hydrogen-bond donors (Lipinski definition) is 3. The van der Waals surface area contributed by atoms with E-state index >= 15 is 0 Å². The van der Waals surface area contributed by atoms with Crippen molar-refractivity contribution in [2.45, 2.75) is 31.7 Å². The number of carboxylic acid groups (broad SMARTS) is 1. The molecular formula is C17H22N2O5. The van der Waals surface area contributed by atoms with E-state index in [0.29, 0.717) is 6.42 Å². The summed E-state index contributed by atoms with van der Waals surface area (Å²) in [6.07, 6.45) is 1.07. The first-order valence-corrected chi connectivity index (χ1v) is 7.86. The fraction of sp³-hybridized carbons (Fsp3) is 0.471. The van der Waals surface area contributed by atoms with Crippen molar-refractivity contribution < 1.29 is 24.2 Å². The average Bonchev–Trinajstić information content (AvgIpc) is 3.02. The zero-order chi connectivity index (χ0) is 17.6. The first kappa shape index (κ1) is 17.9. The molecule has 2 rings (SSSR count). The smallest absolute Gasteiger partial charge is 0.331 e. The van der Waals surface area contributed by atoms with Crippen LogP contribution in [0.5, 0.6) is 0 Å². The zero-order valence-electron chi connectivity index (χ0n) is 13.6. The van der Waals surface area contributed by atoms with Crippen LogP contribution in [0.1, 0.15) is 24.0 Å². The Morgan fingerprint density at radius 1 is 1.21 bits per heavy atom. The van der Waals surface area contributed by atoms with Crippen LogP contribution in [0.4, 0.5) is 0 Å². The number of rotatable bonds is 7. The van der Waals surface area contributed by atoms with Gasteiger partial charge in [-0.1, -0.05) is 29.8 Å². The third-order valence-electron chi connectivity index (χ3n) is 4.02. The molecule has 1 unspecified atom stereocenters. The van der Waals surface area contributed by atoms with Crippen molar-refractivity contribution in [1.82, 2.24) is 10.6 Å². The van der Waals surface area contributed by atoms with Gasteiger partial charge in [0.05, 0.1) is 13.2 Å². The van der Waals surface area contributed by atoms with E-state index in [1.54, 1.807) is 0 Å². The van der Waals surface area contributed by atoms with Crippen molar-refractivity contribution in [3.05, 3.63) is 35.4 Å². The van der Waals surface area contributed by atoms with Gasteiger partial charge in [-0.05, 0) is 18.9 Å². The number of carbonyl (C=O) groups is 3. The molecule has 1 fully saturated rings. The fourth-order valence-corrected chi connectivity index (χ4v) is 2.48. The standard InChI is InChI=1S/C17H22N2O5/c1-12-2-4-13(5-3-12)6-7-14(20)18-10-15(21)19-17(16(22)23)8-9-24-11-17/h2-5H,6-11H2,1H3,(H,18,20)(H,19,21)(H,22,23). The molecule has 1 atom stereocenters. The Kier molecular flexibility index (Phi) is 5.92. The topological polar surface area (TPSA) is 105 Å². The van der Waals surface area contributed by atoms with E-state index in [0.717, 1.165) is 11.1 Å². The van der Waals surface area contributed by atoms with Crippen LogP contribution in [0.25, 0.3) is 0 Å². The number of carbonyl (C=O) groups excluding carboxylic acids is 2. The van der Waals surface area contributed by atoms with Gasteiger partial charge in [-0.3, -0.25) is 9.59 Å². The van der Waals surface area contributed by atoms with E-state index in [-0.39, 0.29) is 38.5 Å². The van der Waals surface area contributed by atoms with E-state index in [1.807, 2.05) is 31.2 Å². The summed E-state index contributed by atoms with van der Waals surface area (Å²) < 4.78 is 5.06. The molecule has 0 radical (unpaired) electrons. The van der Waals surface area contributed by atoms with Crippen LogP contribution < -0.4 is 10.6 Å². The second-order valence-corrected chi connectivity index (χ2v) is 6.00. The molecule has 1 aromatic rings. The summed E-state index contributed by atoms with van der Waals surface area (Å²) in [7, 11) is 0. The quantitative estimate of drug-likeness (QED) is 0.670. The molecular weight excluding hydrogens is 312 g/mol. The van der Waals surface area contributed by atoms with E-state index in [9.17, 15) is 19.5 Å². The molecule has 7 nitrogen and oxygen atoms in total. The average molecular weight is 334 g/mol. The largest absolute Gasteiger partial charge is 0.479 e. The lowest BCUT2D eigenvalue weighted by Gasteiger charge is -2.23. The number of benzene rings is 1. The molecule has 24 heavy (non-hydrogen) atoms. The highest BCUT2D eigenvalue weighted by Crippen LogP contribution is 2.18. The van der Waals surface area contributed by atoms with Crippen LogP contribution in [0.2, 0.25) is 0 Å². The Morgan fingerprint density at radius 3 is 2.50 bits per heavy atom. The minimum absolute atomic E-state index is 0.0601. The van der Waals surface area contributed by atoms with Crippen LogP contribution in [0, 0.1) is 6.92 Å². The lowest BCUT2D eigenvalue weighted by atomic mass is 9.99. The highest BCUT2D eigenvalue weighted by molar-refractivity contribution is 5.90. The highest BCUT2D eigenvalue weighted by atomic mass is 16.5. The first-order chi connectivity index (χ1) is 11.4.